The molecule has 0 bridgehead atoms. The van der Waals surface area contributed by atoms with E-state index in [2.05, 4.69) is 33.8 Å². The van der Waals surface area contributed by atoms with E-state index in [1.54, 1.807) is 0 Å². The maximum Gasteiger partial charge on any atom is 0.163 e. The summed E-state index contributed by atoms with van der Waals surface area (Å²) in [7, 11) is 0. The van der Waals surface area contributed by atoms with Gasteiger partial charge in [-0.2, -0.15) is 0 Å². The third-order valence-corrected chi connectivity index (χ3v) is 2.73. The van der Waals surface area contributed by atoms with Crippen molar-refractivity contribution < 1.29 is 4.79 Å². The summed E-state index contributed by atoms with van der Waals surface area (Å²) in [4.78, 5) is 11.9. The first kappa shape index (κ1) is 12.0. The summed E-state index contributed by atoms with van der Waals surface area (Å²) in [6, 6.07) is 4.12. The van der Waals surface area contributed by atoms with Crippen molar-refractivity contribution in [2.24, 2.45) is 5.92 Å². The predicted octanol–water partition coefficient (Wildman–Crippen LogP) is 3.84. The molecule has 1 nitrogen and oxygen atoms in total. The van der Waals surface area contributed by atoms with Crippen LogP contribution in [0.5, 0.6) is 0 Å². The molecule has 0 atom stereocenters. The second-order valence-corrected chi connectivity index (χ2v) is 4.77. The second-order valence-electron chi connectivity index (χ2n) is 4.77. The van der Waals surface area contributed by atoms with Crippen LogP contribution >= 0.6 is 0 Å². The van der Waals surface area contributed by atoms with E-state index in [-0.39, 0.29) is 5.78 Å². The molecule has 0 aliphatic heterocycles. The van der Waals surface area contributed by atoms with Crippen molar-refractivity contribution in [1.29, 1.82) is 0 Å². The molecule has 0 saturated carbocycles. The van der Waals surface area contributed by atoms with Gasteiger partial charge in [-0.15, -0.1) is 0 Å². The second kappa shape index (κ2) is 4.61. The van der Waals surface area contributed by atoms with Gasteiger partial charge in [0.15, 0.2) is 5.78 Å². The molecule has 0 radical (unpaired) electrons. The lowest BCUT2D eigenvalue weighted by atomic mass is 9.94. The van der Waals surface area contributed by atoms with Crippen LogP contribution in [0.25, 0.3) is 0 Å². The maximum absolute atomic E-state index is 11.9. The first-order valence-corrected chi connectivity index (χ1v) is 5.53. The number of benzene rings is 1. The van der Waals surface area contributed by atoms with Gasteiger partial charge < -0.3 is 0 Å². The molecular weight excluding hydrogens is 184 g/mol. The predicted molar refractivity (Wildman–Crippen MR) is 64.4 cm³/mol. The summed E-state index contributed by atoms with van der Waals surface area (Å²) in [6.45, 7) is 10.3. The van der Waals surface area contributed by atoms with Crippen molar-refractivity contribution >= 4 is 5.78 Å². The normalized spacial score (nSPS) is 10.8. The number of hydrogen-bond donors (Lipinski definition) is 0. The molecule has 0 heterocycles. The van der Waals surface area contributed by atoms with E-state index >= 15 is 0 Å². The van der Waals surface area contributed by atoms with Gasteiger partial charge in [0, 0.05) is 12.0 Å². The molecular formula is C14H20O. The Labute approximate surface area is 92.5 Å². The Morgan fingerprint density at radius 1 is 1.07 bits per heavy atom. The van der Waals surface area contributed by atoms with Gasteiger partial charge >= 0.3 is 0 Å². The minimum absolute atomic E-state index is 0.269. The summed E-state index contributed by atoms with van der Waals surface area (Å²) in [5, 5.41) is 0. The van der Waals surface area contributed by atoms with Crippen molar-refractivity contribution in [3.63, 3.8) is 0 Å². The molecule has 0 fully saturated rings. The molecule has 0 aliphatic rings. The van der Waals surface area contributed by atoms with Crippen LogP contribution in [-0.4, -0.2) is 5.78 Å². The van der Waals surface area contributed by atoms with Gasteiger partial charge in [0.1, 0.15) is 0 Å². The first-order valence-electron chi connectivity index (χ1n) is 5.53. The molecule has 1 aromatic carbocycles. The Morgan fingerprint density at radius 2 is 1.60 bits per heavy atom. The Hall–Kier alpha value is -1.11. The topological polar surface area (TPSA) is 17.1 Å². The van der Waals surface area contributed by atoms with Crippen molar-refractivity contribution in [3.05, 3.63) is 34.4 Å². The van der Waals surface area contributed by atoms with Gasteiger partial charge in [0.05, 0.1) is 0 Å². The Balaban J connectivity index is 3.04. The molecule has 0 aromatic heterocycles. The lowest BCUT2D eigenvalue weighted by Crippen LogP contribution is -2.06. The third-order valence-electron chi connectivity index (χ3n) is 2.73. The molecule has 0 spiro atoms. The third kappa shape index (κ3) is 2.92. The molecule has 0 amide bonds. The molecule has 0 saturated heterocycles. The van der Waals surface area contributed by atoms with Crippen LogP contribution in [0.2, 0.25) is 0 Å². The molecule has 82 valence electrons. The van der Waals surface area contributed by atoms with Crippen molar-refractivity contribution in [2.75, 3.05) is 0 Å². The summed E-state index contributed by atoms with van der Waals surface area (Å²) < 4.78 is 0. The Bertz CT molecular complexity index is 375. The molecule has 0 N–H and O–H groups in total. The van der Waals surface area contributed by atoms with Gasteiger partial charge in [0.2, 0.25) is 0 Å². The summed E-state index contributed by atoms with van der Waals surface area (Å²) in [5.74, 6) is 0.698. The van der Waals surface area contributed by atoms with Crippen LogP contribution in [0, 0.1) is 26.7 Å². The minimum Gasteiger partial charge on any atom is -0.294 e. The maximum atomic E-state index is 11.9. The molecule has 0 aliphatic carbocycles. The van der Waals surface area contributed by atoms with Gasteiger partial charge in [-0.3, -0.25) is 4.79 Å². The lowest BCUT2D eigenvalue weighted by Gasteiger charge is -2.10. The highest BCUT2D eigenvalue weighted by atomic mass is 16.1. The smallest absolute Gasteiger partial charge is 0.163 e. The van der Waals surface area contributed by atoms with Crippen molar-refractivity contribution in [3.8, 4) is 0 Å². The fourth-order valence-electron chi connectivity index (χ4n) is 1.74. The molecule has 1 rings (SSSR count). The Morgan fingerprint density at radius 3 is 2.13 bits per heavy atom. The van der Waals surface area contributed by atoms with E-state index < -0.39 is 0 Å². The first-order chi connectivity index (χ1) is 6.91. The fourth-order valence-corrected chi connectivity index (χ4v) is 1.74. The monoisotopic (exact) mass is 204 g/mol. The quantitative estimate of drug-likeness (QED) is 0.684. The highest BCUT2D eigenvalue weighted by Gasteiger charge is 2.11. The summed E-state index contributed by atoms with van der Waals surface area (Å²) in [6.07, 6.45) is 0.642. The van der Waals surface area contributed by atoms with Crippen LogP contribution < -0.4 is 0 Å². The highest BCUT2D eigenvalue weighted by molar-refractivity contribution is 5.97. The van der Waals surface area contributed by atoms with E-state index in [0.29, 0.717) is 12.3 Å². The number of ketones is 1. The van der Waals surface area contributed by atoms with Crippen LogP contribution in [-0.2, 0) is 0 Å². The molecule has 0 unspecified atom stereocenters. The standard InChI is InChI=1S/C14H20O/c1-9(2)6-14(15)13-8-11(4)10(3)7-12(13)5/h7-9H,6H2,1-5H3. The van der Waals surface area contributed by atoms with Crippen molar-refractivity contribution in [1.82, 2.24) is 0 Å². The number of hydrogen-bond acceptors (Lipinski definition) is 1. The number of Topliss-reactive ketones (excluding diaryl/α,β-unsaturated/α-hetero) is 1. The number of aryl methyl sites for hydroxylation is 3. The largest absolute Gasteiger partial charge is 0.294 e. The van der Waals surface area contributed by atoms with Gasteiger partial charge in [-0.05, 0) is 49.4 Å². The van der Waals surface area contributed by atoms with Crippen molar-refractivity contribution in [2.45, 2.75) is 41.0 Å². The fraction of sp³-hybridized carbons (Fsp3) is 0.500. The van der Waals surface area contributed by atoms with Crippen LogP contribution in [0.1, 0.15) is 47.3 Å². The van der Waals surface area contributed by atoms with Crippen LogP contribution in [0.4, 0.5) is 0 Å². The molecule has 1 heteroatoms. The number of carbonyl (C=O) groups excluding carboxylic acids is 1. The number of rotatable bonds is 3. The van der Waals surface area contributed by atoms with E-state index in [9.17, 15) is 4.79 Å². The van der Waals surface area contributed by atoms with Gasteiger partial charge in [-0.25, -0.2) is 0 Å². The number of carbonyl (C=O) groups is 1. The highest BCUT2D eigenvalue weighted by Crippen LogP contribution is 2.18. The van der Waals surface area contributed by atoms with Crippen LogP contribution in [0.15, 0.2) is 12.1 Å². The summed E-state index contributed by atoms with van der Waals surface area (Å²) in [5.41, 5.74) is 4.46. The van der Waals surface area contributed by atoms with Gasteiger partial charge in [0.25, 0.3) is 0 Å². The Kier molecular flexibility index (Phi) is 3.67. The molecule has 1 aromatic rings. The zero-order valence-corrected chi connectivity index (χ0v) is 10.3. The SMILES string of the molecule is Cc1cc(C)c(C(=O)CC(C)C)cc1C. The summed E-state index contributed by atoms with van der Waals surface area (Å²) >= 11 is 0. The lowest BCUT2D eigenvalue weighted by molar-refractivity contribution is 0.0967. The molecule has 15 heavy (non-hydrogen) atoms. The van der Waals surface area contributed by atoms with E-state index in [0.717, 1.165) is 11.1 Å². The minimum atomic E-state index is 0.269. The van der Waals surface area contributed by atoms with E-state index in [1.807, 2.05) is 13.0 Å². The zero-order chi connectivity index (χ0) is 11.6. The average Bonchev–Trinajstić information content (AvgIpc) is 2.09. The van der Waals surface area contributed by atoms with Crippen LogP contribution in [0.3, 0.4) is 0 Å². The average molecular weight is 204 g/mol. The van der Waals surface area contributed by atoms with Gasteiger partial charge in [-0.1, -0.05) is 19.9 Å². The zero-order valence-electron chi connectivity index (χ0n) is 10.3. The van der Waals surface area contributed by atoms with E-state index in [4.69, 9.17) is 0 Å². The van der Waals surface area contributed by atoms with E-state index in [1.165, 1.54) is 11.1 Å².